The molecule has 10 heteroatoms. The molecule has 1 aliphatic carbocycles. The minimum atomic E-state index is -3.83. The Labute approximate surface area is 202 Å². The molecule has 2 N–H and O–H groups in total. The molecule has 1 fully saturated rings. The third kappa shape index (κ3) is 6.71. The van der Waals surface area contributed by atoms with Crippen molar-refractivity contribution in [1.29, 1.82) is 0 Å². The number of methoxy groups -OCH3 is 1. The van der Waals surface area contributed by atoms with Gasteiger partial charge in [0.15, 0.2) is 5.76 Å². The molecule has 1 amide bonds. The number of aliphatic hydroxyl groups excluding tert-OH is 1. The van der Waals surface area contributed by atoms with E-state index < -0.39 is 16.3 Å². The molecule has 0 aromatic heterocycles. The van der Waals surface area contributed by atoms with Gasteiger partial charge in [-0.1, -0.05) is 19.3 Å². The summed E-state index contributed by atoms with van der Waals surface area (Å²) in [6, 6.07) is 6.10. The summed E-state index contributed by atoms with van der Waals surface area (Å²) in [4.78, 5) is 12.4. The Morgan fingerprint density at radius 3 is 2.50 bits per heavy atom. The highest BCUT2D eigenvalue weighted by molar-refractivity contribution is 7.89. The number of aliphatic hydroxyl groups is 1. The van der Waals surface area contributed by atoms with Gasteiger partial charge in [0.2, 0.25) is 16.3 Å². The van der Waals surface area contributed by atoms with Crippen molar-refractivity contribution in [2.75, 3.05) is 40.5 Å². The van der Waals surface area contributed by atoms with Gasteiger partial charge in [0.1, 0.15) is 5.75 Å². The molecule has 1 aromatic carbocycles. The summed E-state index contributed by atoms with van der Waals surface area (Å²) in [6.45, 7) is -0.264. The van der Waals surface area contributed by atoms with Crippen LogP contribution in [0.5, 0.6) is 5.75 Å². The number of rotatable bonds is 11. The Bertz CT molecular complexity index is 927. The minimum Gasteiger partial charge on any atom is -0.497 e. The Balaban J connectivity index is 1.64. The second-order valence-corrected chi connectivity index (χ2v) is 10.6. The van der Waals surface area contributed by atoms with Crippen LogP contribution < -0.4 is 10.1 Å². The monoisotopic (exact) mass is 496 g/mol. The van der Waals surface area contributed by atoms with Crippen molar-refractivity contribution in [2.45, 2.75) is 49.7 Å². The Hall–Kier alpha value is -2.14. The fraction of sp³-hybridized carbons (Fsp3) is 0.625. The number of hydrogen-bond donors (Lipinski definition) is 2. The van der Waals surface area contributed by atoms with Crippen LogP contribution in [0.2, 0.25) is 0 Å². The Morgan fingerprint density at radius 2 is 1.88 bits per heavy atom. The lowest BCUT2D eigenvalue weighted by Gasteiger charge is -2.35. The average Bonchev–Trinajstić information content (AvgIpc) is 2.88. The van der Waals surface area contributed by atoms with Gasteiger partial charge in [-0.2, -0.15) is 4.31 Å². The summed E-state index contributed by atoms with van der Waals surface area (Å²) >= 11 is 0. The van der Waals surface area contributed by atoms with Gasteiger partial charge in [-0.25, -0.2) is 8.42 Å². The van der Waals surface area contributed by atoms with E-state index in [0.717, 1.165) is 12.8 Å². The van der Waals surface area contributed by atoms with Crippen LogP contribution in [0.25, 0.3) is 0 Å². The van der Waals surface area contributed by atoms with Crippen LogP contribution in [-0.4, -0.2) is 70.5 Å². The molecule has 0 radical (unpaired) electrons. The van der Waals surface area contributed by atoms with Gasteiger partial charge in [-0.15, -0.1) is 0 Å². The number of benzene rings is 1. The Kier molecular flexibility index (Phi) is 9.75. The van der Waals surface area contributed by atoms with Crippen molar-refractivity contribution in [2.24, 2.45) is 11.8 Å². The summed E-state index contributed by atoms with van der Waals surface area (Å²) in [7, 11) is -0.757. The first-order valence-corrected chi connectivity index (χ1v) is 13.3. The van der Waals surface area contributed by atoms with Gasteiger partial charge in [-0.3, -0.25) is 4.79 Å². The normalized spacial score (nSPS) is 21.6. The highest BCUT2D eigenvalue weighted by atomic mass is 32.2. The number of ether oxygens (including phenoxy) is 3. The topological polar surface area (TPSA) is 114 Å². The number of hydrogen-bond acceptors (Lipinski definition) is 7. The molecule has 0 saturated heterocycles. The molecule has 1 aliphatic heterocycles. The van der Waals surface area contributed by atoms with Crippen LogP contribution in [0.1, 0.15) is 38.5 Å². The summed E-state index contributed by atoms with van der Waals surface area (Å²) in [6.07, 6.45) is 7.78. The van der Waals surface area contributed by atoms with Crippen molar-refractivity contribution < 1.29 is 32.5 Å². The number of carbonyl (C=O) groups excluding carboxylic acids is 1. The molecule has 2 aliphatic rings. The maximum atomic E-state index is 13.1. The lowest BCUT2D eigenvalue weighted by molar-refractivity contribution is -0.151. The lowest BCUT2D eigenvalue weighted by atomic mass is 9.77. The van der Waals surface area contributed by atoms with E-state index in [-0.39, 0.29) is 48.8 Å². The standard InChI is InChI=1S/C24H36N2O7S/c1-25-24(28)22-16-19(18-6-4-3-5-7-18)17-23(33-22)32-15-13-26(12-14-27)34(29,30)21-10-8-20(31-2)9-11-21/h8-11,16,18-19,23,27H,3-7,12-15,17H2,1-2H3,(H,25,28)/t19-,23+/m0/s1. The maximum absolute atomic E-state index is 13.1. The minimum absolute atomic E-state index is 0.0436. The zero-order chi connectivity index (χ0) is 24.6. The highest BCUT2D eigenvalue weighted by Gasteiger charge is 2.33. The molecular weight excluding hydrogens is 460 g/mol. The number of likely N-dealkylation sites (N-methyl/N-ethyl adjacent to an activating group) is 1. The third-order valence-electron chi connectivity index (χ3n) is 6.49. The first-order valence-electron chi connectivity index (χ1n) is 11.9. The molecule has 2 atom stereocenters. The van der Waals surface area contributed by atoms with Crippen LogP contribution in [0.4, 0.5) is 0 Å². The average molecular weight is 497 g/mol. The first-order chi connectivity index (χ1) is 16.4. The number of nitrogens with one attached hydrogen (secondary N) is 1. The van der Waals surface area contributed by atoms with Crippen molar-refractivity contribution in [3.63, 3.8) is 0 Å². The fourth-order valence-corrected chi connectivity index (χ4v) is 6.02. The molecule has 1 aromatic rings. The van der Waals surface area contributed by atoms with Crippen LogP contribution >= 0.6 is 0 Å². The van der Waals surface area contributed by atoms with Crippen molar-refractivity contribution >= 4 is 15.9 Å². The predicted octanol–water partition coefficient (Wildman–Crippen LogP) is 2.27. The van der Waals surface area contributed by atoms with E-state index in [0.29, 0.717) is 18.1 Å². The van der Waals surface area contributed by atoms with E-state index in [4.69, 9.17) is 14.2 Å². The summed E-state index contributed by atoms with van der Waals surface area (Å²) in [5, 5.41) is 12.0. The molecular formula is C24H36N2O7S. The lowest BCUT2D eigenvalue weighted by Crippen LogP contribution is -2.38. The second kappa shape index (κ2) is 12.5. The quantitative estimate of drug-likeness (QED) is 0.483. The molecule has 34 heavy (non-hydrogen) atoms. The van der Waals surface area contributed by atoms with E-state index >= 15 is 0 Å². The molecule has 3 rings (SSSR count). The van der Waals surface area contributed by atoms with E-state index in [1.165, 1.54) is 42.8 Å². The zero-order valence-corrected chi connectivity index (χ0v) is 20.8. The number of amides is 1. The van der Waals surface area contributed by atoms with Gasteiger partial charge in [0.25, 0.3) is 5.91 Å². The van der Waals surface area contributed by atoms with Gasteiger partial charge in [0.05, 0.1) is 25.2 Å². The number of carbonyl (C=O) groups is 1. The largest absolute Gasteiger partial charge is 0.497 e. The maximum Gasteiger partial charge on any atom is 0.285 e. The van der Waals surface area contributed by atoms with Gasteiger partial charge in [0, 0.05) is 26.6 Å². The van der Waals surface area contributed by atoms with Crippen LogP contribution in [0.3, 0.4) is 0 Å². The van der Waals surface area contributed by atoms with E-state index in [1.54, 1.807) is 19.2 Å². The molecule has 0 spiro atoms. The SMILES string of the molecule is CNC(=O)C1=C[C@H](C2CCCCC2)C[C@H](OCCN(CCO)S(=O)(=O)c2ccc(OC)cc2)O1. The van der Waals surface area contributed by atoms with E-state index in [1.807, 2.05) is 6.08 Å². The Morgan fingerprint density at radius 1 is 1.18 bits per heavy atom. The number of sulfonamides is 1. The molecule has 190 valence electrons. The summed E-state index contributed by atoms with van der Waals surface area (Å²) < 4.78 is 44.1. The number of nitrogens with zero attached hydrogens (tertiary/aromatic N) is 1. The molecule has 0 unspecified atom stereocenters. The smallest absolute Gasteiger partial charge is 0.285 e. The summed E-state index contributed by atoms with van der Waals surface area (Å²) in [5.74, 6) is 1.19. The van der Waals surface area contributed by atoms with Gasteiger partial charge >= 0.3 is 0 Å². The molecule has 1 saturated carbocycles. The van der Waals surface area contributed by atoms with Crippen molar-refractivity contribution in [1.82, 2.24) is 9.62 Å². The fourth-order valence-electron chi connectivity index (χ4n) is 4.61. The van der Waals surface area contributed by atoms with E-state index in [9.17, 15) is 18.3 Å². The first kappa shape index (κ1) is 26.5. The zero-order valence-electron chi connectivity index (χ0n) is 19.9. The van der Waals surface area contributed by atoms with Crippen molar-refractivity contribution in [3.05, 3.63) is 36.1 Å². The highest BCUT2D eigenvalue weighted by Crippen LogP contribution is 2.37. The summed E-state index contributed by atoms with van der Waals surface area (Å²) in [5.41, 5.74) is 0. The third-order valence-corrected chi connectivity index (χ3v) is 8.40. The van der Waals surface area contributed by atoms with Gasteiger partial charge in [-0.05, 0) is 55.0 Å². The van der Waals surface area contributed by atoms with Crippen LogP contribution in [0.15, 0.2) is 41.0 Å². The van der Waals surface area contributed by atoms with Crippen LogP contribution in [-0.2, 0) is 24.3 Å². The van der Waals surface area contributed by atoms with Gasteiger partial charge < -0.3 is 24.6 Å². The molecule has 9 nitrogen and oxygen atoms in total. The molecule has 0 bridgehead atoms. The second-order valence-electron chi connectivity index (χ2n) is 8.63. The van der Waals surface area contributed by atoms with Crippen LogP contribution in [0, 0.1) is 11.8 Å². The number of allylic oxidation sites excluding steroid dienone is 1. The molecule has 1 heterocycles. The van der Waals surface area contributed by atoms with Crippen molar-refractivity contribution in [3.8, 4) is 5.75 Å². The predicted molar refractivity (Wildman–Crippen MR) is 126 cm³/mol. The van der Waals surface area contributed by atoms with E-state index in [2.05, 4.69) is 5.32 Å².